The SMILES string of the molecule is CCCCCc1cc(-c2ccccc2)c(-c2ccccc2)c(C=O)c1C=O. The third-order valence-electron chi connectivity index (χ3n) is 4.93. The lowest BCUT2D eigenvalue weighted by atomic mass is 9.84. The summed E-state index contributed by atoms with van der Waals surface area (Å²) in [6.07, 6.45) is 5.71. The van der Waals surface area contributed by atoms with E-state index in [1.807, 2.05) is 60.7 Å². The average Bonchev–Trinajstić information content (AvgIpc) is 2.74. The molecule has 0 radical (unpaired) electrons. The number of unbranched alkanes of at least 4 members (excludes halogenated alkanes) is 2. The molecule has 0 saturated carbocycles. The molecule has 0 heterocycles. The molecule has 2 heteroatoms. The lowest BCUT2D eigenvalue weighted by Gasteiger charge is -2.18. The van der Waals surface area contributed by atoms with Crippen LogP contribution in [0.5, 0.6) is 0 Å². The van der Waals surface area contributed by atoms with Crippen LogP contribution in [0.1, 0.15) is 52.5 Å². The first-order valence-corrected chi connectivity index (χ1v) is 9.51. The Morgan fingerprint density at radius 3 is 1.89 bits per heavy atom. The predicted octanol–water partition coefficient (Wildman–Crippen LogP) is 6.38. The Morgan fingerprint density at radius 2 is 1.33 bits per heavy atom. The summed E-state index contributed by atoms with van der Waals surface area (Å²) in [5, 5.41) is 0. The minimum Gasteiger partial charge on any atom is -0.298 e. The van der Waals surface area contributed by atoms with Gasteiger partial charge in [0, 0.05) is 16.7 Å². The molecule has 0 aliphatic heterocycles. The van der Waals surface area contributed by atoms with E-state index in [4.69, 9.17) is 0 Å². The standard InChI is InChI=1S/C25H24O2/c1-2-3-6-15-21-16-22(19-11-7-4-8-12-19)25(20-13-9-5-10-14-20)24(18-27)23(21)17-26/h4-5,7-14,16-18H,2-3,6,15H2,1H3. The van der Waals surface area contributed by atoms with Gasteiger partial charge in [0.15, 0.2) is 12.6 Å². The third-order valence-corrected chi connectivity index (χ3v) is 4.93. The fourth-order valence-corrected chi connectivity index (χ4v) is 3.57. The van der Waals surface area contributed by atoms with Crippen LogP contribution in [-0.2, 0) is 6.42 Å². The largest absolute Gasteiger partial charge is 0.298 e. The number of aryl methyl sites for hydroxylation is 1. The van der Waals surface area contributed by atoms with Crippen molar-refractivity contribution in [2.75, 3.05) is 0 Å². The number of rotatable bonds is 8. The van der Waals surface area contributed by atoms with Crippen molar-refractivity contribution in [2.24, 2.45) is 0 Å². The van der Waals surface area contributed by atoms with Crippen LogP contribution in [0.3, 0.4) is 0 Å². The summed E-state index contributed by atoms with van der Waals surface area (Å²) < 4.78 is 0. The van der Waals surface area contributed by atoms with Gasteiger partial charge >= 0.3 is 0 Å². The number of hydrogen-bond acceptors (Lipinski definition) is 2. The molecule has 0 amide bonds. The quantitative estimate of drug-likeness (QED) is 0.347. The van der Waals surface area contributed by atoms with Crippen LogP contribution in [0.15, 0.2) is 66.7 Å². The monoisotopic (exact) mass is 356 g/mol. The van der Waals surface area contributed by atoms with Gasteiger partial charge in [-0.3, -0.25) is 9.59 Å². The van der Waals surface area contributed by atoms with E-state index in [9.17, 15) is 9.59 Å². The van der Waals surface area contributed by atoms with Crippen LogP contribution in [0.2, 0.25) is 0 Å². The average molecular weight is 356 g/mol. The van der Waals surface area contributed by atoms with Gasteiger partial charge in [-0.2, -0.15) is 0 Å². The molecule has 0 spiro atoms. The Hall–Kier alpha value is -3.00. The molecular weight excluding hydrogens is 332 g/mol. The molecule has 0 fully saturated rings. The number of aldehydes is 2. The summed E-state index contributed by atoms with van der Waals surface area (Å²) in [7, 11) is 0. The highest BCUT2D eigenvalue weighted by Gasteiger charge is 2.19. The highest BCUT2D eigenvalue weighted by Crippen LogP contribution is 2.37. The van der Waals surface area contributed by atoms with Gasteiger partial charge in [-0.05, 0) is 41.2 Å². The summed E-state index contributed by atoms with van der Waals surface area (Å²) in [6, 6.07) is 22.0. The fourth-order valence-electron chi connectivity index (χ4n) is 3.57. The van der Waals surface area contributed by atoms with Crippen molar-refractivity contribution < 1.29 is 9.59 Å². The van der Waals surface area contributed by atoms with E-state index in [0.717, 1.165) is 66.1 Å². The van der Waals surface area contributed by atoms with Crippen molar-refractivity contribution in [1.29, 1.82) is 0 Å². The molecule has 0 atom stereocenters. The first kappa shape index (κ1) is 18.8. The van der Waals surface area contributed by atoms with E-state index in [0.29, 0.717) is 11.1 Å². The van der Waals surface area contributed by atoms with Crippen LogP contribution in [-0.4, -0.2) is 12.6 Å². The number of hydrogen-bond donors (Lipinski definition) is 0. The smallest absolute Gasteiger partial charge is 0.151 e. The van der Waals surface area contributed by atoms with Crippen molar-refractivity contribution in [3.05, 3.63) is 83.4 Å². The maximum absolute atomic E-state index is 12.1. The van der Waals surface area contributed by atoms with E-state index in [-0.39, 0.29) is 0 Å². The zero-order valence-corrected chi connectivity index (χ0v) is 15.7. The summed E-state index contributed by atoms with van der Waals surface area (Å²) >= 11 is 0. The van der Waals surface area contributed by atoms with Crippen molar-refractivity contribution in [2.45, 2.75) is 32.6 Å². The van der Waals surface area contributed by atoms with E-state index in [2.05, 4.69) is 13.0 Å². The van der Waals surface area contributed by atoms with Gasteiger partial charge in [-0.15, -0.1) is 0 Å². The maximum Gasteiger partial charge on any atom is 0.151 e. The van der Waals surface area contributed by atoms with E-state index in [1.165, 1.54) is 0 Å². The number of carbonyl (C=O) groups is 2. The summed E-state index contributed by atoms with van der Waals surface area (Å²) in [4.78, 5) is 24.0. The molecule has 0 aromatic heterocycles. The van der Waals surface area contributed by atoms with Crippen LogP contribution in [0, 0.1) is 0 Å². The summed E-state index contributed by atoms with van der Waals surface area (Å²) in [5.74, 6) is 0. The second-order valence-electron chi connectivity index (χ2n) is 6.71. The molecule has 0 bridgehead atoms. The third kappa shape index (κ3) is 4.06. The minimum absolute atomic E-state index is 0.490. The minimum atomic E-state index is 0.490. The van der Waals surface area contributed by atoms with Gasteiger partial charge in [0.1, 0.15) is 0 Å². The summed E-state index contributed by atoms with van der Waals surface area (Å²) in [6.45, 7) is 2.16. The van der Waals surface area contributed by atoms with E-state index >= 15 is 0 Å². The molecule has 2 nitrogen and oxygen atoms in total. The zero-order valence-electron chi connectivity index (χ0n) is 15.7. The molecule has 0 N–H and O–H groups in total. The lowest BCUT2D eigenvalue weighted by Crippen LogP contribution is -2.04. The Morgan fingerprint density at radius 1 is 0.741 bits per heavy atom. The molecule has 136 valence electrons. The fraction of sp³-hybridized carbons (Fsp3) is 0.200. The highest BCUT2D eigenvalue weighted by atomic mass is 16.1. The number of benzene rings is 3. The Bertz CT molecular complexity index is 912. The molecule has 0 aliphatic carbocycles. The van der Waals surface area contributed by atoms with Crippen LogP contribution in [0.4, 0.5) is 0 Å². The molecule has 3 aromatic carbocycles. The first-order valence-electron chi connectivity index (χ1n) is 9.51. The van der Waals surface area contributed by atoms with Crippen molar-refractivity contribution in [3.8, 4) is 22.3 Å². The predicted molar refractivity (Wildman–Crippen MR) is 111 cm³/mol. The molecule has 0 unspecified atom stereocenters. The van der Waals surface area contributed by atoms with Gasteiger partial charge in [-0.25, -0.2) is 0 Å². The van der Waals surface area contributed by atoms with Gasteiger partial charge < -0.3 is 0 Å². The Kier molecular flexibility index (Phi) is 6.32. The summed E-state index contributed by atoms with van der Waals surface area (Å²) in [5.41, 5.74) is 5.80. The van der Waals surface area contributed by atoms with E-state index < -0.39 is 0 Å². The zero-order chi connectivity index (χ0) is 19.1. The van der Waals surface area contributed by atoms with Crippen molar-refractivity contribution in [3.63, 3.8) is 0 Å². The molecule has 3 rings (SSSR count). The molecule has 0 aliphatic rings. The molecular formula is C25H24O2. The van der Waals surface area contributed by atoms with Crippen molar-refractivity contribution in [1.82, 2.24) is 0 Å². The Labute approximate surface area is 160 Å². The van der Waals surface area contributed by atoms with Crippen LogP contribution >= 0.6 is 0 Å². The Balaban J connectivity index is 2.29. The van der Waals surface area contributed by atoms with Gasteiger partial charge in [0.2, 0.25) is 0 Å². The second kappa shape index (κ2) is 9.09. The molecule has 3 aromatic rings. The topological polar surface area (TPSA) is 34.1 Å². The molecule has 27 heavy (non-hydrogen) atoms. The van der Waals surface area contributed by atoms with Gasteiger partial charge in [0.05, 0.1) is 0 Å². The highest BCUT2D eigenvalue weighted by molar-refractivity contribution is 6.03. The first-order chi connectivity index (χ1) is 13.3. The second-order valence-corrected chi connectivity index (χ2v) is 6.71. The molecule has 0 saturated heterocycles. The maximum atomic E-state index is 12.1. The number of carbonyl (C=O) groups excluding carboxylic acids is 2. The van der Waals surface area contributed by atoms with Gasteiger partial charge in [0.25, 0.3) is 0 Å². The van der Waals surface area contributed by atoms with E-state index in [1.54, 1.807) is 0 Å². The van der Waals surface area contributed by atoms with Gasteiger partial charge in [-0.1, -0.05) is 80.4 Å². The lowest BCUT2D eigenvalue weighted by molar-refractivity contribution is 0.109. The van der Waals surface area contributed by atoms with Crippen molar-refractivity contribution >= 4 is 12.6 Å². The van der Waals surface area contributed by atoms with Crippen LogP contribution in [0.25, 0.3) is 22.3 Å². The normalized spacial score (nSPS) is 10.6. The van der Waals surface area contributed by atoms with Crippen LogP contribution < -0.4 is 0 Å².